The maximum atomic E-state index is 4.83. The van der Waals surface area contributed by atoms with Gasteiger partial charge in [0.2, 0.25) is 0 Å². The minimum atomic E-state index is 0.434. The Labute approximate surface area is 122 Å². The molecule has 0 radical (unpaired) electrons. The monoisotopic (exact) mass is 273 g/mol. The molecule has 0 aromatic carbocycles. The number of nitrogens with one attached hydrogen (secondary N) is 1. The molecule has 4 aliphatic rings. The summed E-state index contributed by atoms with van der Waals surface area (Å²) in [4.78, 5) is 4.83. The molecule has 0 aliphatic heterocycles. The number of hydrogen-bond acceptors (Lipinski definition) is 2. The van der Waals surface area contributed by atoms with Gasteiger partial charge in [0.15, 0.2) is 0 Å². The van der Waals surface area contributed by atoms with Crippen molar-refractivity contribution in [3.63, 3.8) is 0 Å². The van der Waals surface area contributed by atoms with Crippen molar-refractivity contribution in [2.24, 2.45) is 17.8 Å². The highest BCUT2D eigenvalue weighted by molar-refractivity contribution is 5.13. The summed E-state index contributed by atoms with van der Waals surface area (Å²) in [5.74, 6) is 4.26. The molecular weight excluding hydrogens is 246 g/mol. The second-order valence-electron chi connectivity index (χ2n) is 7.64. The van der Waals surface area contributed by atoms with Gasteiger partial charge in [-0.3, -0.25) is 0 Å². The van der Waals surface area contributed by atoms with Gasteiger partial charge in [-0.15, -0.1) is 0 Å². The third-order valence-electron chi connectivity index (χ3n) is 6.08. The number of rotatable bonds is 4. The molecule has 1 heterocycles. The first-order valence-electron chi connectivity index (χ1n) is 8.38. The SMILES string of the molecule is CNCCc1cn(C23CC4CC(CC(C4)C2)C3)c(C)n1. The molecule has 0 amide bonds. The van der Waals surface area contributed by atoms with Crippen LogP contribution < -0.4 is 5.32 Å². The molecule has 0 spiro atoms. The average Bonchev–Trinajstić information content (AvgIpc) is 2.77. The lowest BCUT2D eigenvalue weighted by Gasteiger charge is -2.57. The molecule has 3 heteroatoms. The van der Waals surface area contributed by atoms with E-state index in [1.54, 1.807) is 0 Å². The van der Waals surface area contributed by atoms with E-state index in [1.165, 1.54) is 50.0 Å². The second kappa shape index (κ2) is 4.59. The van der Waals surface area contributed by atoms with Crippen LogP contribution in [0.5, 0.6) is 0 Å². The van der Waals surface area contributed by atoms with E-state index < -0.39 is 0 Å². The van der Waals surface area contributed by atoms with Crippen LogP contribution in [-0.2, 0) is 12.0 Å². The van der Waals surface area contributed by atoms with Crippen molar-refractivity contribution < 1.29 is 0 Å². The van der Waals surface area contributed by atoms with E-state index in [9.17, 15) is 0 Å². The highest BCUT2D eigenvalue weighted by Gasteiger charge is 2.52. The highest BCUT2D eigenvalue weighted by atomic mass is 15.1. The van der Waals surface area contributed by atoms with Gasteiger partial charge in [-0.25, -0.2) is 4.98 Å². The maximum Gasteiger partial charge on any atom is 0.106 e. The van der Waals surface area contributed by atoms with Gasteiger partial charge in [0, 0.05) is 24.7 Å². The second-order valence-corrected chi connectivity index (χ2v) is 7.64. The molecule has 110 valence electrons. The summed E-state index contributed by atoms with van der Waals surface area (Å²) < 4.78 is 2.59. The molecule has 4 saturated carbocycles. The lowest BCUT2D eigenvalue weighted by Crippen LogP contribution is -2.51. The third-order valence-corrected chi connectivity index (χ3v) is 6.08. The minimum absolute atomic E-state index is 0.434. The van der Waals surface area contributed by atoms with Crippen LogP contribution >= 0.6 is 0 Å². The van der Waals surface area contributed by atoms with E-state index in [1.807, 2.05) is 7.05 Å². The number of imidazole rings is 1. The molecule has 1 aromatic heterocycles. The van der Waals surface area contributed by atoms with E-state index in [0.717, 1.165) is 30.7 Å². The number of likely N-dealkylation sites (N-methyl/N-ethyl adjacent to an activating group) is 1. The van der Waals surface area contributed by atoms with Gasteiger partial charge < -0.3 is 9.88 Å². The summed E-state index contributed by atoms with van der Waals surface area (Å²) in [5.41, 5.74) is 1.71. The maximum absolute atomic E-state index is 4.83. The summed E-state index contributed by atoms with van der Waals surface area (Å²) in [7, 11) is 2.02. The lowest BCUT2D eigenvalue weighted by atomic mass is 9.53. The zero-order valence-corrected chi connectivity index (χ0v) is 12.9. The molecule has 3 nitrogen and oxygen atoms in total. The largest absolute Gasteiger partial charge is 0.329 e. The minimum Gasteiger partial charge on any atom is -0.329 e. The lowest BCUT2D eigenvalue weighted by molar-refractivity contribution is -0.0440. The van der Waals surface area contributed by atoms with Gasteiger partial charge in [-0.1, -0.05) is 0 Å². The van der Waals surface area contributed by atoms with Crippen LogP contribution in [0.2, 0.25) is 0 Å². The number of nitrogens with zero attached hydrogens (tertiary/aromatic N) is 2. The van der Waals surface area contributed by atoms with E-state index in [4.69, 9.17) is 4.98 Å². The number of hydrogen-bond donors (Lipinski definition) is 1. The summed E-state index contributed by atoms with van der Waals surface area (Å²) in [5, 5.41) is 3.23. The van der Waals surface area contributed by atoms with Crippen molar-refractivity contribution in [3.8, 4) is 0 Å². The van der Waals surface area contributed by atoms with Crippen molar-refractivity contribution in [3.05, 3.63) is 17.7 Å². The molecule has 0 saturated heterocycles. The summed E-state index contributed by atoms with van der Waals surface area (Å²) in [6.07, 6.45) is 12.2. The molecule has 1 aromatic rings. The van der Waals surface area contributed by atoms with Crippen LogP contribution in [0.25, 0.3) is 0 Å². The van der Waals surface area contributed by atoms with Crippen LogP contribution in [0.3, 0.4) is 0 Å². The number of aryl methyl sites for hydroxylation is 1. The standard InChI is InChI=1S/C17H27N3/c1-12-19-16(3-4-18-2)11-20(12)17-8-13-5-14(9-17)7-15(6-13)10-17/h11,13-15,18H,3-10H2,1-2H3. The fraction of sp³-hybridized carbons (Fsp3) is 0.824. The normalized spacial score (nSPS) is 38.6. The van der Waals surface area contributed by atoms with Gasteiger partial charge in [-0.05, 0) is 70.3 Å². The van der Waals surface area contributed by atoms with Crippen LogP contribution in [0.4, 0.5) is 0 Å². The predicted octanol–water partition coefficient (Wildman–Crippen LogP) is 2.88. The molecule has 4 bridgehead atoms. The molecular formula is C17H27N3. The molecule has 1 N–H and O–H groups in total. The van der Waals surface area contributed by atoms with Crippen molar-refractivity contribution in [2.75, 3.05) is 13.6 Å². The first-order valence-corrected chi connectivity index (χ1v) is 8.38. The quantitative estimate of drug-likeness (QED) is 0.914. The Hall–Kier alpha value is -0.830. The van der Waals surface area contributed by atoms with Crippen molar-refractivity contribution >= 4 is 0 Å². The fourth-order valence-electron chi connectivity index (χ4n) is 5.75. The fourth-order valence-corrected chi connectivity index (χ4v) is 5.75. The Kier molecular flexibility index (Phi) is 2.95. The van der Waals surface area contributed by atoms with Crippen LogP contribution in [0, 0.1) is 24.7 Å². The molecule has 0 unspecified atom stereocenters. The summed E-state index contributed by atoms with van der Waals surface area (Å²) in [6, 6.07) is 0. The average molecular weight is 273 g/mol. The molecule has 5 rings (SSSR count). The summed E-state index contributed by atoms with van der Waals surface area (Å²) >= 11 is 0. The smallest absolute Gasteiger partial charge is 0.106 e. The van der Waals surface area contributed by atoms with E-state index in [0.29, 0.717) is 5.54 Å². The van der Waals surface area contributed by atoms with Gasteiger partial charge in [0.25, 0.3) is 0 Å². The Morgan fingerprint density at radius 2 is 1.80 bits per heavy atom. The van der Waals surface area contributed by atoms with E-state index >= 15 is 0 Å². The van der Waals surface area contributed by atoms with Crippen LogP contribution in [-0.4, -0.2) is 23.1 Å². The molecule has 20 heavy (non-hydrogen) atoms. The highest BCUT2D eigenvalue weighted by Crippen LogP contribution is 2.59. The topological polar surface area (TPSA) is 29.9 Å². The first kappa shape index (κ1) is 12.9. The van der Waals surface area contributed by atoms with Gasteiger partial charge >= 0.3 is 0 Å². The van der Waals surface area contributed by atoms with Gasteiger partial charge in [0.1, 0.15) is 5.82 Å². The Bertz CT molecular complexity index is 467. The number of aromatic nitrogens is 2. The Morgan fingerprint density at radius 1 is 1.20 bits per heavy atom. The Balaban J connectivity index is 1.65. The van der Waals surface area contributed by atoms with Crippen LogP contribution in [0.1, 0.15) is 50.0 Å². The van der Waals surface area contributed by atoms with Gasteiger partial charge in [0.05, 0.1) is 5.69 Å². The predicted molar refractivity (Wildman–Crippen MR) is 80.7 cm³/mol. The zero-order valence-electron chi connectivity index (χ0n) is 12.9. The first-order chi connectivity index (χ1) is 9.68. The van der Waals surface area contributed by atoms with Crippen molar-refractivity contribution in [1.82, 2.24) is 14.9 Å². The molecule has 4 fully saturated rings. The van der Waals surface area contributed by atoms with Crippen LogP contribution in [0.15, 0.2) is 6.20 Å². The Morgan fingerprint density at radius 3 is 2.35 bits per heavy atom. The van der Waals surface area contributed by atoms with E-state index in [2.05, 4.69) is 23.0 Å². The zero-order chi connectivity index (χ0) is 13.7. The molecule has 4 aliphatic carbocycles. The van der Waals surface area contributed by atoms with E-state index in [-0.39, 0.29) is 0 Å². The van der Waals surface area contributed by atoms with Gasteiger partial charge in [-0.2, -0.15) is 0 Å². The molecule has 0 atom stereocenters. The van der Waals surface area contributed by atoms with Crippen molar-refractivity contribution in [1.29, 1.82) is 0 Å². The summed E-state index contributed by atoms with van der Waals surface area (Å²) in [6.45, 7) is 3.23. The van der Waals surface area contributed by atoms with Crippen molar-refractivity contribution in [2.45, 2.75) is 57.4 Å². The third kappa shape index (κ3) is 1.93.